The van der Waals surface area contributed by atoms with Crippen LogP contribution in [-0.2, 0) is 41.6 Å². The van der Waals surface area contributed by atoms with Crippen molar-refractivity contribution in [1.82, 2.24) is 26.2 Å². The first-order valence-electron chi connectivity index (χ1n) is 20.0. The lowest BCUT2D eigenvalue weighted by atomic mass is 9.87. The number of hydrogen-bond acceptors (Lipinski definition) is 9. The van der Waals surface area contributed by atoms with Crippen LogP contribution in [0, 0.1) is 11.8 Å². The van der Waals surface area contributed by atoms with E-state index in [0.717, 1.165) is 11.1 Å². The SMILES string of the molecule is CNC1(C(=O)O)CCN(C(=O)[C@@H](CCCCN)NC(=O)[C@@H](CC#Cc2ccccc2)NC(=O)[C@@H](Cc2ccccc2)NC(=O)[C@H](N)Cc2ccccc2)CC1.O=C(O)C(F)(F)F. The summed E-state index contributed by atoms with van der Waals surface area (Å²) in [6.07, 6.45) is -2.93. The van der Waals surface area contributed by atoms with Gasteiger partial charge in [-0.2, -0.15) is 13.2 Å². The van der Waals surface area contributed by atoms with E-state index < -0.39 is 65.5 Å². The molecule has 1 saturated heterocycles. The van der Waals surface area contributed by atoms with Crippen LogP contribution in [0.3, 0.4) is 0 Å². The first-order chi connectivity index (χ1) is 29.5. The van der Waals surface area contributed by atoms with Crippen molar-refractivity contribution in [3.8, 4) is 11.8 Å². The molecule has 1 aliphatic rings. The van der Waals surface area contributed by atoms with Crippen molar-refractivity contribution in [2.45, 2.75) is 87.2 Å². The Hall–Kier alpha value is -6.29. The highest BCUT2D eigenvalue weighted by molar-refractivity contribution is 5.95. The Morgan fingerprint density at radius 2 is 1.23 bits per heavy atom. The molecule has 0 bridgehead atoms. The van der Waals surface area contributed by atoms with Crippen molar-refractivity contribution < 1.29 is 52.2 Å². The number of benzene rings is 3. The molecule has 0 spiro atoms. The number of piperidine rings is 1. The normalized spacial score (nSPS) is 15.1. The molecule has 10 N–H and O–H groups in total. The third kappa shape index (κ3) is 16.3. The molecule has 0 aromatic heterocycles. The molecule has 3 aromatic rings. The van der Waals surface area contributed by atoms with E-state index in [1.54, 1.807) is 11.9 Å². The van der Waals surface area contributed by atoms with E-state index in [4.69, 9.17) is 21.4 Å². The predicted octanol–water partition coefficient (Wildman–Crippen LogP) is 2.12. The van der Waals surface area contributed by atoms with Gasteiger partial charge in [-0.3, -0.25) is 24.0 Å². The second-order valence-electron chi connectivity index (χ2n) is 14.6. The van der Waals surface area contributed by atoms with Gasteiger partial charge in [-0.05, 0) is 75.4 Å². The summed E-state index contributed by atoms with van der Waals surface area (Å²) in [6.45, 7) is 0.773. The summed E-state index contributed by atoms with van der Waals surface area (Å²) in [4.78, 5) is 78.0. The van der Waals surface area contributed by atoms with E-state index in [-0.39, 0.29) is 57.5 Å². The molecule has 4 amide bonds. The van der Waals surface area contributed by atoms with Crippen LogP contribution < -0.4 is 32.7 Å². The molecular weight excluding hydrogens is 812 g/mol. The molecule has 0 unspecified atom stereocenters. The zero-order chi connectivity index (χ0) is 45.7. The molecule has 1 fully saturated rings. The number of carboxylic acid groups (broad SMARTS) is 2. The highest BCUT2D eigenvalue weighted by atomic mass is 19.4. The van der Waals surface area contributed by atoms with Gasteiger partial charge in [0.25, 0.3) is 0 Å². The number of rotatable bonds is 18. The van der Waals surface area contributed by atoms with Crippen molar-refractivity contribution >= 4 is 35.6 Å². The molecule has 4 rings (SSSR count). The van der Waals surface area contributed by atoms with E-state index in [1.807, 2.05) is 91.0 Å². The highest BCUT2D eigenvalue weighted by Crippen LogP contribution is 2.23. The average molecular weight is 866 g/mol. The molecule has 1 heterocycles. The average Bonchev–Trinajstić information content (AvgIpc) is 3.26. The molecule has 0 aliphatic carbocycles. The lowest BCUT2D eigenvalue weighted by Gasteiger charge is -2.40. The maximum absolute atomic E-state index is 14.1. The van der Waals surface area contributed by atoms with Gasteiger partial charge in [0, 0.05) is 31.5 Å². The fraction of sp³-hybridized carbons (Fsp3) is 0.409. The Morgan fingerprint density at radius 3 is 1.73 bits per heavy atom. The number of halogens is 3. The Labute approximate surface area is 358 Å². The van der Waals surface area contributed by atoms with Crippen molar-refractivity contribution in [2.75, 3.05) is 26.7 Å². The zero-order valence-corrected chi connectivity index (χ0v) is 34.3. The van der Waals surface area contributed by atoms with E-state index in [0.29, 0.717) is 24.9 Å². The number of carbonyl (C=O) groups excluding carboxylic acids is 4. The molecular formula is C44H54F3N7O8. The molecule has 334 valence electrons. The summed E-state index contributed by atoms with van der Waals surface area (Å²) in [5.74, 6) is 0.169. The first-order valence-corrected chi connectivity index (χ1v) is 20.0. The van der Waals surface area contributed by atoms with Gasteiger partial charge in [-0.25, -0.2) is 4.79 Å². The number of alkyl halides is 3. The molecule has 62 heavy (non-hydrogen) atoms. The summed E-state index contributed by atoms with van der Waals surface area (Å²) >= 11 is 0. The van der Waals surface area contributed by atoms with E-state index in [9.17, 15) is 42.3 Å². The summed E-state index contributed by atoms with van der Waals surface area (Å²) in [5, 5.41) is 28.3. The van der Waals surface area contributed by atoms with Gasteiger partial charge in [0.2, 0.25) is 23.6 Å². The zero-order valence-electron chi connectivity index (χ0n) is 34.3. The lowest BCUT2D eigenvalue weighted by molar-refractivity contribution is -0.192. The maximum atomic E-state index is 14.1. The number of likely N-dealkylation sites (tertiary alicyclic amines) is 1. The number of aliphatic carboxylic acids is 2. The van der Waals surface area contributed by atoms with Gasteiger partial charge in [0.05, 0.1) is 6.04 Å². The van der Waals surface area contributed by atoms with Gasteiger partial charge < -0.3 is 47.8 Å². The largest absolute Gasteiger partial charge is 0.490 e. The third-order valence-electron chi connectivity index (χ3n) is 10.1. The van der Waals surface area contributed by atoms with Crippen LogP contribution in [0.1, 0.15) is 55.2 Å². The molecule has 0 saturated carbocycles. The number of unbranched alkanes of at least 4 members (excludes halogenated alkanes) is 1. The summed E-state index contributed by atoms with van der Waals surface area (Å²) in [7, 11) is 1.59. The Kier molecular flexibility index (Phi) is 20.1. The number of carbonyl (C=O) groups is 6. The number of amides is 4. The number of nitrogens with one attached hydrogen (secondary N) is 4. The number of nitrogens with two attached hydrogens (primary N) is 2. The van der Waals surface area contributed by atoms with Crippen molar-refractivity contribution in [3.63, 3.8) is 0 Å². The van der Waals surface area contributed by atoms with Crippen LogP contribution in [-0.4, -0.2) is 113 Å². The van der Waals surface area contributed by atoms with E-state index >= 15 is 0 Å². The Bertz CT molecular complexity index is 1990. The summed E-state index contributed by atoms with van der Waals surface area (Å²) in [6, 6.07) is 23.5. The van der Waals surface area contributed by atoms with Gasteiger partial charge in [-0.15, -0.1) is 0 Å². The van der Waals surface area contributed by atoms with E-state index in [1.165, 1.54) is 0 Å². The summed E-state index contributed by atoms with van der Waals surface area (Å²) in [5.41, 5.74) is 13.3. The van der Waals surface area contributed by atoms with Crippen molar-refractivity contribution in [3.05, 3.63) is 108 Å². The fourth-order valence-electron chi connectivity index (χ4n) is 6.48. The predicted molar refractivity (Wildman–Crippen MR) is 224 cm³/mol. The molecule has 3 aromatic carbocycles. The van der Waals surface area contributed by atoms with Crippen LogP contribution in [0.15, 0.2) is 91.0 Å². The molecule has 15 nitrogen and oxygen atoms in total. The van der Waals surface area contributed by atoms with Crippen molar-refractivity contribution in [2.24, 2.45) is 11.5 Å². The topological polar surface area (TPSA) is 246 Å². The Morgan fingerprint density at radius 1 is 0.742 bits per heavy atom. The van der Waals surface area contributed by atoms with Crippen LogP contribution in [0.5, 0.6) is 0 Å². The van der Waals surface area contributed by atoms with Gasteiger partial charge >= 0.3 is 18.1 Å². The van der Waals surface area contributed by atoms with Gasteiger partial charge in [0.1, 0.15) is 23.7 Å². The second kappa shape index (κ2) is 24.8. The third-order valence-corrected chi connectivity index (χ3v) is 10.1. The lowest BCUT2D eigenvalue weighted by Crippen LogP contribution is -2.61. The monoisotopic (exact) mass is 865 g/mol. The minimum absolute atomic E-state index is 0.0945. The quantitative estimate of drug-likeness (QED) is 0.0680. The van der Waals surface area contributed by atoms with Gasteiger partial charge in [-0.1, -0.05) is 90.7 Å². The van der Waals surface area contributed by atoms with Crippen molar-refractivity contribution in [1.29, 1.82) is 0 Å². The number of hydrogen-bond donors (Lipinski definition) is 8. The number of nitrogens with zero attached hydrogens (tertiary/aromatic N) is 1. The number of carboxylic acids is 2. The van der Waals surface area contributed by atoms with Crippen LogP contribution in [0.2, 0.25) is 0 Å². The van der Waals surface area contributed by atoms with E-state index in [2.05, 4.69) is 33.1 Å². The Balaban J connectivity index is 0.00000134. The minimum Gasteiger partial charge on any atom is -0.480 e. The second-order valence-corrected chi connectivity index (χ2v) is 14.6. The van der Waals surface area contributed by atoms with Crippen LogP contribution >= 0.6 is 0 Å². The van der Waals surface area contributed by atoms with Crippen LogP contribution in [0.25, 0.3) is 0 Å². The maximum Gasteiger partial charge on any atom is 0.490 e. The molecule has 0 radical (unpaired) electrons. The fourth-order valence-corrected chi connectivity index (χ4v) is 6.48. The highest BCUT2D eigenvalue weighted by Gasteiger charge is 2.42. The standard InChI is InChI=1S/C42H53N7O6.C2HF3O2/c1-45-42(41(54)55)23-26-49(27-24-42)40(53)35(21-11-12-25-43)47-38(51)34(22-13-20-30-14-5-2-6-15-30)46-39(52)36(29-32-18-9-4-10-19-32)48-37(50)33(44)28-31-16-7-3-8-17-31;3-2(4,5)1(6)7/h2-10,14-19,33-36,45H,11-12,21-29,43-44H2,1H3,(H,46,52)(H,47,51)(H,48,50)(H,54,55);(H,6,7)/t33-,34-,35-,36-;/m1./s1. The smallest absolute Gasteiger partial charge is 0.480 e. The van der Waals surface area contributed by atoms with Gasteiger partial charge in [0.15, 0.2) is 0 Å². The van der Waals surface area contributed by atoms with Crippen LogP contribution in [0.4, 0.5) is 13.2 Å². The number of likely N-dealkylation sites (N-methyl/N-ethyl adjacent to an activating group) is 1. The minimum atomic E-state index is -5.08. The molecule has 1 aliphatic heterocycles. The molecule has 4 atom stereocenters. The molecule has 18 heteroatoms. The summed E-state index contributed by atoms with van der Waals surface area (Å²) < 4.78 is 31.7. The first kappa shape index (κ1) is 50.1.